The van der Waals surface area contributed by atoms with E-state index in [1.165, 1.54) is 22.3 Å². The molecule has 4 nitrogen and oxygen atoms in total. The second-order valence-electron chi connectivity index (χ2n) is 9.74. The largest absolute Gasteiger partial charge is 0.372 e. The molecule has 2 atom stereocenters. The van der Waals surface area contributed by atoms with Crippen molar-refractivity contribution in [2.24, 2.45) is 0 Å². The van der Waals surface area contributed by atoms with E-state index in [-0.39, 0.29) is 12.1 Å². The van der Waals surface area contributed by atoms with Crippen LogP contribution in [0.15, 0.2) is 84.9 Å². The van der Waals surface area contributed by atoms with Crippen molar-refractivity contribution in [2.75, 3.05) is 10.6 Å². The summed E-state index contributed by atoms with van der Waals surface area (Å²) in [5, 5.41) is 9.78. The maximum absolute atomic E-state index is 4.82. The third-order valence-corrected chi connectivity index (χ3v) is 7.26. The summed E-state index contributed by atoms with van der Waals surface area (Å²) in [6.45, 7) is 4.08. The lowest BCUT2D eigenvalue weighted by Gasteiger charge is -2.26. The second kappa shape index (κ2) is 8.06. The summed E-state index contributed by atoms with van der Waals surface area (Å²) in [6, 6.07) is 26.1. The van der Waals surface area contributed by atoms with E-state index in [2.05, 4.69) is 108 Å². The zero-order valence-electron chi connectivity index (χ0n) is 20.3. The minimum atomic E-state index is 0.103. The van der Waals surface area contributed by atoms with E-state index >= 15 is 0 Å². The van der Waals surface area contributed by atoms with Crippen molar-refractivity contribution in [1.29, 1.82) is 0 Å². The van der Waals surface area contributed by atoms with Crippen LogP contribution in [0.4, 0.5) is 11.4 Å². The van der Waals surface area contributed by atoms with Crippen molar-refractivity contribution >= 4 is 45.3 Å². The van der Waals surface area contributed by atoms with Crippen LogP contribution in [0.5, 0.6) is 0 Å². The number of aryl methyl sites for hydroxylation is 2. The van der Waals surface area contributed by atoms with Crippen LogP contribution >= 0.6 is 0 Å². The molecule has 7 rings (SSSR count). The molecule has 5 aromatic rings. The number of benzene rings is 3. The highest BCUT2D eigenvalue weighted by Crippen LogP contribution is 2.37. The quantitative estimate of drug-likeness (QED) is 0.279. The van der Waals surface area contributed by atoms with E-state index in [4.69, 9.17) is 9.97 Å². The summed E-state index contributed by atoms with van der Waals surface area (Å²) in [6.07, 6.45) is 8.87. The molecule has 2 aliphatic heterocycles. The minimum Gasteiger partial charge on any atom is -0.372 e. The summed E-state index contributed by atoms with van der Waals surface area (Å²) in [5.41, 5.74) is 11.2. The lowest BCUT2D eigenvalue weighted by Crippen LogP contribution is -2.15. The molecule has 0 bridgehead atoms. The zero-order chi connectivity index (χ0) is 24.2. The van der Waals surface area contributed by atoms with E-state index in [0.717, 1.165) is 44.6 Å². The van der Waals surface area contributed by atoms with Gasteiger partial charge in [0.05, 0.1) is 34.5 Å². The maximum Gasteiger partial charge on any atom is 0.0942 e. The fraction of sp³-hybridized carbons (Fsp3) is 0.125. The molecule has 2 aromatic heterocycles. The molecule has 0 radical (unpaired) electrons. The minimum absolute atomic E-state index is 0.103. The van der Waals surface area contributed by atoms with Crippen LogP contribution in [0.25, 0.3) is 34.0 Å². The Balaban J connectivity index is 1.17. The van der Waals surface area contributed by atoms with E-state index in [9.17, 15) is 0 Å². The van der Waals surface area contributed by atoms with E-state index in [1.807, 2.05) is 13.8 Å². The molecular weight excluding hydrogens is 440 g/mol. The SMILES string of the molecule is Cc1ccc2ccc3c(c2n1)NC(c1ccc(C2C=Cc4ccc5ccc(C)nc5c4N2)cc1)C=C3. The van der Waals surface area contributed by atoms with Gasteiger partial charge in [-0.15, -0.1) is 0 Å². The Morgan fingerprint density at radius 1 is 0.528 bits per heavy atom. The monoisotopic (exact) mass is 466 g/mol. The molecule has 2 unspecified atom stereocenters. The highest BCUT2D eigenvalue weighted by molar-refractivity contribution is 5.97. The summed E-state index contributed by atoms with van der Waals surface area (Å²) >= 11 is 0. The predicted octanol–water partition coefficient (Wildman–Crippen LogP) is 7.76. The van der Waals surface area contributed by atoms with Gasteiger partial charge in [-0.1, -0.05) is 85.0 Å². The van der Waals surface area contributed by atoms with Crippen molar-refractivity contribution in [3.8, 4) is 0 Å². The summed E-state index contributed by atoms with van der Waals surface area (Å²) < 4.78 is 0. The third kappa shape index (κ3) is 3.45. The first-order chi connectivity index (χ1) is 17.6. The molecule has 0 aliphatic carbocycles. The van der Waals surface area contributed by atoms with Crippen LogP contribution in [0.2, 0.25) is 0 Å². The number of rotatable bonds is 2. The third-order valence-electron chi connectivity index (χ3n) is 7.26. The second-order valence-corrected chi connectivity index (χ2v) is 9.74. The van der Waals surface area contributed by atoms with Crippen LogP contribution in [-0.2, 0) is 0 Å². The molecule has 0 amide bonds. The number of hydrogen-bond donors (Lipinski definition) is 2. The number of fused-ring (bicyclic) bond motifs is 6. The van der Waals surface area contributed by atoms with Crippen molar-refractivity contribution < 1.29 is 0 Å². The fourth-order valence-electron chi connectivity index (χ4n) is 5.29. The molecule has 2 aliphatic rings. The first-order valence-corrected chi connectivity index (χ1v) is 12.4. The van der Waals surface area contributed by atoms with Gasteiger partial charge in [-0.25, -0.2) is 0 Å². The number of nitrogens with zero attached hydrogens (tertiary/aromatic N) is 2. The van der Waals surface area contributed by atoms with Gasteiger partial charge in [0.25, 0.3) is 0 Å². The Kier molecular flexibility index (Phi) is 4.68. The fourth-order valence-corrected chi connectivity index (χ4v) is 5.29. The van der Waals surface area contributed by atoms with Gasteiger partial charge in [-0.05, 0) is 48.2 Å². The van der Waals surface area contributed by atoms with E-state index < -0.39 is 0 Å². The van der Waals surface area contributed by atoms with Crippen LogP contribution in [0.1, 0.15) is 45.7 Å². The molecule has 174 valence electrons. The number of hydrogen-bond acceptors (Lipinski definition) is 4. The lowest BCUT2D eigenvalue weighted by molar-refractivity contribution is 0.953. The van der Waals surface area contributed by atoms with Gasteiger partial charge >= 0.3 is 0 Å². The number of pyridine rings is 2. The van der Waals surface area contributed by atoms with Gasteiger partial charge in [0.2, 0.25) is 0 Å². The predicted molar refractivity (Wildman–Crippen MR) is 150 cm³/mol. The van der Waals surface area contributed by atoms with Crippen molar-refractivity contribution in [2.45, 2.75) is 25.9 Å². The van der Waals surface area contributed by atoms with Crippen LogP contribution in [0, 0.1) is 13.8 Å². The number of nitrogens with one attached hydrogen (secondary N) is 2. The van der Waals surface area contributed by atoms with Crippen LogP contribution < -0.4 is 10.6 Å². The lowest BCUT2D eigenvalue weighted by atomic mass is 9.94. The summed E-state index contributed by atoms with van der Waals surface area (Å²) in [7, 11) is 0. The average molecular weight is 467 g/mol. The smallest absolute Gasteiger partial charge is 0.0942 e. The number of anilines is 2. The highest BCUT2D eigenvalue weighted by Gasteiger charge is 2.20. The first-order valence-electron chi connectivity index (χ1n) is 12.4. The van der Waals surface area contributed by atoms with Gasteiger partial charge in [0.1, 0.15) is 0 Å². The summed E-state index contributed by atoms with van der Waals surface area (Å²) in [5.74, 6) is 0. The van der Waals surface area contributed by atoms with Gasteiger partial charge in [0.15, 0.2) is 0 Å². The normalized spacial score (nSPS) is 17.9. The Bertz CT molecular complexity index is 1580. The van der Waals surface area contributed by atoms with Gasteiger partial charge in [0, 0.05) is 22.2 Å². The van der Waals surface area contributed by atoms with Crippen LogP contribution in [-0.4, -0.2) is 9.97 Å². The van der Waals surface area contributed by atoms with Crippen molar-refractivity contribution in [3.05, 3.63) is 119 Å². The topological polar surface area (TPSA) is 49.8 Å². The molecule has 0 saturated carbocycles. The first kappa shape index (κ1) is 20.9. The molecule has 3 aromatic carbocycles. The molecular formula is C32H26N4. The van der Waals surface area contributed by atoms with Crippen molar-refractivity contribution in [3.63, 3.8) is 0 Å². The Hall–Kier alpha value is -4.44. The molecule has 36 heavy (non-hydrogen) atoms. The van der Waals surface area contributed by atoms with E-state index in [1.54, 1.807) is 0 Å². The Morgan fingerprint density at radius 2 is 0.944 bits per heavy atom. The van der Waals surface area contributed by atoms with Gasteiger partial charge < -0.3 is 10.6 Å². The highest BCUT2D eigenvalue weighted by atomic mass is 15.0. The molecule has 4 heterocycles. The van der Waals surface area contributed by atoms with Crippen LogP contribution in [0.3, 0.4) is 0 Å². The van der Waals surface area contributed by atoms with Crippen molar-refractivity contribution in [1.82, 2.24) is 9.97 Å². The molecule has 0 saturated heterocycles. The maximum atomic E-state index is 4.82. The molecule has 0 fully saturated rings. The van der Waals surface area contributed by atoms with Gasteiger partial charge in [-0.2, -0.15) is 0 Å². The summed E-state index contributed by atoms with van der Waals surface area (Å²) in [4.78, 5) is 9.64. The number of aromatic nitrogens is 2. The van der Waals surface area contributed by atoms with E-state index in [0.29, 0.717) is 0 Å². The average Bonchev–Trinajstić information content (AvgIpc) is 2.92. The standard InChI is InChI=1S/C32H26N4/c1-19-3-5-23-11-13-25-15-17-27(35-31(25)29(23)33-19)21-7-9-22(10-8-21)28-18-16-26-14-12-24-6-4-20(2)34-30(24)32(26)36-28/h3-18,27-28,35-36H,1-2H3. The molecule has 2 N–H and O–H groups in total. The Morgan fingerprint density at radius 3 is 1.39 bits per heavy atom. The molecule has 4 heteroatoms. The molecule has 0 spiro atoms. The Labute approximate surface area is 210 Å². The zero-order valence-corrected chi connectivity index (χ0v) is 20.3. The van der Waals surface area contributed by atoms with Gasteiger partial charge in [-0.3, -0.25) is 9.97 Å².